The SMILES string of the molecule is N#Cc1ccc(COc2ccccc2/C=N/NC(=O)Cc2ccc(Br)cc2)cc1. The van der Waals surface area contributed by atoms with Gasteiger partial charge in [0.1, 0.15) is 12.4 Å². The van der Waals surface area contributed by atoms with Crippen LogP contribution in [0.2, 0.25) is 0 Å². The summed E-state index contributed by atoms with van der Waals surface area (Å²) in [5, 5.41) is 12.9. The molecule has 0 aliphatic rings. The summed E-state index contributed by atoms with van der Waals surface area (Å²) >= 11 is 3.37. The van der Waals surface area contributed by atoms with E-state index in [1.807, 2.05) is 60.7 Å². The van der Waals surface area contributed by atoms with Gasteiger partial charge < -0.3 is 4.74 Å². The number of carbonyl (C=O) groups is 1. The first-order valence-corrected chi connectivity index (χ1v) is 9.70. The van der Waals surface area contributed by atoms with Crippen molar-refractivity contribution in [2.45, 2.75) is 13.0 Å². The third kappa shape index (κ3) is 6.30. The third-order valence-electron chi connectivity index (χ3n) is 4.07. The molecule has 144 valence electrons. The Bertz CT molecular complexity index is 1040. The minimum atomic E-state index is -0.195. The van der Waals surface area contributed by atoms with Crippen LogP contribution in [0.15, 0.2) is 82.4 Å². The maximum absolute atomic E-state index is 12.0. The molecular formula is C23H18BrN3O2. The van der Waals surface area contributed by atoms with Crippen LogP contribution in [0.3, 0.4) is 0 Å². The second-order valence-corrected chi connectivity index (χ2v) is 7.15. The summed E-state index contributed by atoms with van der Waals surface area (Å²) < 4.78 is 6.84. The molecule has 0 aliphatic heterocycles. The van der Waals surface area contributed by atoms with E-state index < -0.39 is 0 Å². The molecule has 0 saturated heterocycles. The first-order valence-electron chi connectivity index (χ1n) is 8.91. The van der Waals surface area contributed by atoms with Crippen molar-refractivity contribution in [3.8, 4) is 11.8 Å². The number of halogens is 1. The van der Waals surface area contributed by atoms with Gasteiger partial charge in [-0.3, -0.25) is 4.79 Å². The molecule has 0 aromatic heterocycles. The molecule has 0 saturated carbocycles. The first kappa shape index (κ1) is 20.3. The number of para-hydroxylation sites is 1. The van der Waals surface area contributed by atoms with Crippen LogP contribution in [-0.4, -0.2) is 12.1 Å². The number of nitrogens with zero attached hydrogens (tertiary/aromatic N) is 2. The Morgan fingerprint density at radius 1 is 1.03 bits per heavy atom. The summed E-state index contributed by atoms with van der Waals surface area (Å²) in [5.41, 5.74) is 5.77. The van der Waals surface area contributed by atoms with Crippen LogP contribution in [-0.2, 0) is 17.8 Å². The summed E-state index contributed by atoms with van der Waals surface area (Å²) in [6.45, 7) is 0.368. The van der Waals surface area contributed by atoms with E-state index in [9.17, 15) is 4.79 Å². The van der Waals surface area contributed by atoms with Crippen LogP contribution in [0.5, 0.6) is 5.75 Å². The van der Waals surface area contributed by atoms with Gasteiger partial charge in [0.25, 0.3) is 0 Å². The molecule has 29 heavy (non-hydrogen) atoms. The van der Waals surface area contributed by atoms with Crippen molar-refractivity contribution in [2.75, 3.05) is 0 Å². The minimum Gasteiger partial charge on any atom is -0.488 e. The predicted octanol–water partition coefficient (Wildman–Crippen LogP) is 4.59. The fourth-order valence-corrected chi connectivity index (χ4v) is 2.82. The monoisotopic (exact) mass is 447 g/mol. The quantitative estimate of drug-likeness (QED) is 0.424. The first-order chi connectivity index (χ1) is 14.1. The normalized spacial score (nSPS) is 10.5. The fourth-order valence-electron chi connectivity index (χ4n) is 2.56. The zero-order valence-electron chi connectivity index (χ0n) is 15.5. The molecule has 0 bridgehead atoms. The summed E-state index contributed by atoms with van der Waals surface area (Å²) in [4.78, 5) is 12.0. The van der Waals surface area contributed by atoms with E-state index in [-0.39, 0.29) is 12.3 Å². The highest BCUT2D eigenvalue weighted by molar-refractivity contribution is 9.10. The smallest absolute Gasteiger partial charge is 0.244 e. The molecule has 0 aliphatic carbocycles. The van der Waals surface area contributed by atoms with E-state index in [2.05, 4.69) is 32.5 Å². The number of rotatable bonds is 7. The number of amides is 1. The number of hydrogen-bond acceptors (Lipinski definition) is 4. The number of carbonyl (C=O) groups excluding carboxylic acids is 1. The number of nitrogens with one attached hydrogen (secondary N) is 1. The van der Waals surface area contributed by atoms with E-state index >= 15 is 0 Å². The van der Waals surface area contributed by atoms with Crippen molar-refractivity contribution in [1.82, 2.24) is 5.43 Å². The van der Waals surface area contributed by atoms with Gasteiger partial charge in [-0.2, -0.15) is 10.4 Å². The average molecular weight is 448 g/mol. The Hall–Kier alpha value is -3.43. The fraction of sp³-hybridized carbons (Fsp3) is 0.0870. The maximum atomic E-state index is 12.0. The van der Waals surface area contributed by atoms with Gasteiger partial charge in [-0.1, -0.05) is 52.3 Å². The average Bonchev–Trinajstić information content (AvgIpc) is 2.75. The van der Waals surface area contributed by atoms with Gasteiger partial charge in [0.15, 0.2) is 0 Å². The number of nitriles is 1. The highest BCUT2D eigenvalue weighted by Gasteiger charge is 2.04. The third-order valence-corrected chi connectivity index (χ3v) is 4.60. The van der Waals surface area contributed by atoms with E-state index in [0.29, 0.717) is 17.9 Å². The molecule has 0 unspecified atom stereocenters. The highest BCUT2D eigenvalue weighted by atomic mass is 79.9. The highest BCUT2D eigenvalue weighted by Crippen LogP contribution is 2.18. The van der Waals surface area contributed by atoms with Gasteiger partial charge in [0.2, 0.25) is 5.91 Å². The van der Waals surface area contributed by atoms with Crippen molar-refractivity contribution < 1.29 is 9.53 Å². The van der Waals surface area contributed by atoms with E-state index in [4.69, 9.17) is 10.00 Å². The Morgan fingerprint density at radius 3 is 2.45 bits per heavy atom. The molecule has 1 amide bonds. The van der Waals surface area contributed by atoms with Gasteiger partial charge in [-0.05, 0) is 47.5 Å². The van der Waals surface area contributed by atoms with Gasteiger partial charge in [-0.15, -0.1) is 0 Å². The van der Waals surface area contributed by atoms with E-state index in [1.54, 1.807) is 18.3 Å². The Kier molecular flexibility index (Phi) is 7.15. The summed E-state index contributed by atoms with van der Waals surface area (Å²) in [7, 11) is 0. The largest absolute Gasteiger partial charge is 0.488 e. The molecule has 5 nitrogen and oxygen atoms in total. The minimum absolute atomic E-state index is 0.195. The molecule has 6 heteroatoms. The van der Waals surface area contributed by atoms with Crippen molar-refractivity contribution in [3.05, 3.63) is 99.5 Å². The molecular weight excluding hydrogens is 430 g/mol. The Balaban J connectivity index is 1.57. The lowest BCUT2D eigenvalue weighted by molar-refractivity contribution is -0.120. The molecule has 3 rings (SSSR count). The Morgan fingerprint density at radius 2 is 1.72 bits per heavy atom. The van der Waals surface area contributed by atoms with E-state index in [1.165, 1.54) is 0 Å². The predicted molar refractivity (Wildman–Crippen MR) is 116 cm³/mol. The van der Waals surface area contributed by atoms with Crippen molar-refractivity contribution >= 4 is 28.1 Å². The lowest BCUT2D eigenvalue weighted by Crippen LogP contribution is -2.19. The topological polar surface area (TPSA) is 74.5 Å². The molecule has 0 fully saturated rings. The Labute approximate surface area is 177 Å². The number of benzene rings is 3. The molecule has 0 radical (unpaired) electrons. The lowest BCUT2D eigenvalue weighted by atomic mass is 10.1. The second-order valence-electron chi connectivity index (χ2n) is 6.23. The van der Waals surface area contributed by atoms with Crippen LogP contribution in [0.4, 0.5) is 0 Å². The number of hydrogen-bond donors (Lipinski definition) is 1. The zero-order chi connectivity index (χ0) is 20.5. The second kappa shape index (κ2) is 10.2. The van der Waals surface area contributed by atoms with Crippen molar-refractivity contribution in [2.24, 2.45) is 5.10 Å². The maximum Gasteiger partial charge on any atom is 0.244 e. The molecule has 1 N–H and O–H groups in total. The zero-order valence-corrected chi connectivity index (χ0v) is 17.1. The van der Waals surface area contributed by atoms with Crippen LogP contribution in [0.25, 0.3) is 0 Å². The molecule has 0 spiro atoms. The van der Waals surface area contributed by atoms with Gasteiger partial charge in [0, 0.05) is 10.0 Å². The number of hydrazone groups is 1. The summed E-state index contributed by atoms with van der Waals surface area (Å²) in [6, 6.07) is 24.3. The van der Waals surface area contributed by atoms with Gasteiger partial charge in [-0.25, -0.2) is 5.43 Å². The number of ether oxygens (including phenoxy) is 1. The van der Waals surface area contributed by atoms with Gasteiger partial charge >= 0.3 is 0 Å². The summed E-state index contributed by atoms with van der Waals surface area (Å²) in [5.74, 6) is 0.460. The van der Waals surface area contributed by atoms with Crippen LogP contribution < -0.4 is 10.2 Å². The lowest BCUT2D eigenvalue weighted by Gasteiger charge is -2.09. The molecule has 3 aromatic carbocycles. The molecule has 3 aromatic rings. The molecule has 0 heterocycles. The van der Waals surface area contributed by atoms with Crippen LogP contribution in [0, 0.1) is 11.3 Å². The van der Waals surface area contributed by atoms with Crippen molar-refractivity contribution in [3.63, 3.8) is 0 Å². The van der Waals surface area contributed by atoms with Crippen LogP contribution >= 0.6 is 15.9 Å². The van der Waals surface area contributed by atoms with Crippen LogP contribution in [0.1, 0.15) is 22.3 Å². The summed E-state index contributed by atoms with van der Waals surface area (Å²) in [6.07, 6.45) is 1.81. The van der Waals surface area contributed by atoms with Gasteiger partial charge in [0.05, 0.1) is 24.3 Å². The molecule has 0 atom stereocenters. The standard InChI is InChI=1S/C23H18BrN3O2/c24-21-11-9-17(10-12-21)13-23(28)27-26-15-20-3-1-2-4-22(20)29-16-19-7-5-18(14-25)6-8-19/h1-12,15H,13,16H2,(H,27,28)/b26-15+. The van der Waals surface area contributed by atoms with Crippen molar-refractivity contribution in [1.29, 1.82) is 5.26 Å². The van der Waals surface area contributed by atoms with E-state index in [0.717, 1.165) is 21.2 Å².